The van der Waals surface area contributed by atoms with Crippen LogP contribution in [0, 0.1) is 5.92 Å². The number of rotatable bonds is 6. The predicted octanol–water partition coefficient (Wildman–Crippen LogP) is 2.89. The number of anilines is 1. The largest absolute Gasteiger partial charge is 0.449 e. The molecular weight excluding hydrogens is 320 g/mol. The Labute approximate surface area is 148 Å². The molecule has 1 saturated carbocycles. The fourth-order valence-electron chi connectivity index (χ4n) is 2.99. The van der Waals surface area contributed by atoms with Crippen LogP contribution in [-0.4, -0.2) is 30.4 Å². The molecule has 6 nitrogen and oxygen atoms in total. The van der Waals surface area contributed by atoms with Crippen LogP contribution in [0.15, 0.2) is 24.3 Å². The maximum absolute atomic E-state index is 12.2. The van der Waals surface area contributed by atoms with E-state index < -0.39 is 12.1 Å². The Kier molecular flexibility index (Phi) is 6.98. The van der Waals surface area contributed by atoms with Gasteiger partial charge in [-0.1, -0.05) is 25.3 Å². The molecular formula is C19H26N2O4. The van der Waals surface area contributed by atoms with Gasteiger partial charge in [-0.3, -0.25) is 9.59 Å². The summed E-state index contributed by atoms with van der Waals surface area (Å²) >= 11 is 0. The molecule has 25 heavy (non-hydrogen) atoms. The standard InChI is InChI=1S/C19H26N2O4/c1-13(18(23)20-12-15-7-4-3-5-8-15)25-19(24)16-9-6-10-17(11-16)21-14(2)22/h6,9-11,13,15H,3-5,7-8,12H2,1-2H3,(H,20,23)(H,21,22). The van der Waals surface area contributed by atoms with Gasteiger partial charge in [-0.25, -0.2) is 4.79 Å². The van der Waals surface area contributed by atoms with Crippen LogP contribution in [0.4, 0.5) is 5.69 Å². The van der Waals surface area contributed by atoms with E-state index in [4.69, 9.17) is 4.74 Å². The van der Waals surface area contributed by atoms with Crippen LogP contribution in [0.2, 0.25) is 0 Å². The quantitative estimate of drug-likeness (QED) is 0.776. The molecule has 1 aromatic carbocycles. The third-order valence-electron chi connectivity index (χ3n) is 4.36. The lowest BCUT2D eigenvalue weighted by Gasteiger charge is -2.22. The molecule has 0 aliphatic heterocycles. The van der Waals surface area contributed by atoms with E-state index in [0.29, 0.717) is 18.2 Å². The summed E-state index contributed by atoms with van der Waals surface area (Å²) in [6, 6.07) is 6.44. The molecule has 1 fully saturated rings. The van der Waals surface area contributed by atoms with Crippen molar-refractivity contribution in [2.75, 3.05) is 11.9 Å². The highest BCUT2D eigenvalue weighted by Gasteiger charge is 2.21. The van der Waals surface area contributed by atoms with E-state index in [1.54, 1.807) is 25.1 Å². The highest BCUT2D eigenvalue weighted by atomic mass is 16.5. The first-order valence-electron chi connectivity index (χ1n) is 8.82. The minimum absolute atomic E-state index is 0.221. The fourth-order valence-corrected chi connectivity index (χ4v) is 2.99. The second-order valence-electron chi connectivity index (χ2n) is 6.56. The Morgan fingerprint density at radius 2 is 1.92 bits per heavy atom. The van der Waals surface area contributed by atoms with Gasteiger partial charge >= 0.3 is 5.97 Å². The molecule has 136 valence electrons. The van der Waals surface area contributed by atoms with Crippen LogP contribution in [0.5, 0.6) is 0 Å². The van der Waals surface area contributed by atoms with Gasteiger partial charge in [0.25, 0.3) is 5.91 Å². The van der Waals surface area contributed by atoms with Crippen LogP contribution in [-0.2, 0) is 14.3 Å². The Morgan fingerprint density at radius 3 is 2.60 bits per heavy atom. The van der Waals surface area contributed by atoms with Gasteiger partial charge in [0.2, 0.25) is 5.91 Å². The van der Waals surface area contributed by atoms with Gasteiger partial charge in [-0.2, -0.15) is 0 Å². The van der Waals surface area contributed by atoms with Crippen LogP contribution in [0.1, 0.15) is 56.3 Å². The van der Waals surface area contributed by atoms with E-state index in [1.807, 2.05) is 0 Å². The lowest BCUT2D eigenvalue weighted by Crippen LogP contribution is -2.38. The molecule has 0 bridgehead atoms. The van der Waals surface area contributed by atoms with Crippen molar-refractivity contribution in [3.05, 3.63) is 29.8 Å². The Morgan fingerprint density at radius 1 is 1.20 bits per heavy atom. The molecule has 1 atom stereocenters. The average molecular weight is 346 g/mol. The second-order valence-corrected chi connectivity index (χ2v) is 6.56. The van der Waals surface area contributed by atoms with Gasteiger partial charge in [0.05, 0.1) is 5.56 Å². The summed E-state index contributed by atoms with van der Waals surface area (Å²) in [6.45, 7) is 3.59. The molecule has 2 amide bonds. The summed E-state index contributed by atoms with van der Waals surface area (Å²) in [7, 11) is 0. The first kappa shape index (κ1) is 19.0. The first-order valence-corrected chi connectivity index (χ1v) is 8.82. The first-order chi connectivity index (χ1) is 12.0. The zero-order chi connectivity index (χ0) is 18.2. The third kappa shape index (κ3) is 6.21. The molecule has 0 radical (unpaired) electrons. The molecule has 1 aromatic rings. The van der Waals surface area contributed by atoms with Gasteiger partial charge in [0.1, 0.15) is 0 Å². The van der Waals surface area contributed by atoms with E-state index in [1.165, 1.54) is 32.3 Å². The van der Waals surface area contributed by atoms with Crippen molar-refractivity contribution in [3.8, 4) is 0 Å². The van der Waals surface area contributed by atoms with E-state index >= 15 is 0 Å². The Hall–Kier alpha value is -2.37. The average Bonchev–Trinajstić information content (AvgIpc) is 2.60. The summed E-state index contributed by atoms with van der Waals surface area (Å²) in [5.41, 5.74) is 0.800. The number of hydrogen-bond donors (Lipinski definition) is 2. The number of esters is 1. The summed E-state index contributed by atoms with van der Waals surface area (Å²) in [6.07, 6.45) is 5.14. The van der Waals surface area contributed by atoms with Crippen molar-refractivity contribution in [1.29, 1.82) is 0 Å². The zero-order valence-corrected chi connectivity index (χ0v) is 14.8. The molecule has 0 saturated heterocycles. The van der Waals surface area contributed by atoms with Crippen LogP contribution >= 0.6 is 0 Å². The van der Waals surface area contributed by atoms with Crippen molar-refractivity contribution in [3.63, 3.8) is 0 Å². The van der Waals surface area contributed by atoms with Crippen molar-refractivity contribution < 1.29 is 19.1 Å². The van der Waals surface area contributed by atoms with E-state index in [0.717, 1.165) is 12.8 Å². The number of carbonyl (C=O) groups is 3. The molecule has 1 aliphatic rings. The van der Waals surface area contributed by atoms with E-state index in [2.05, 4.69) is 10.6 Å². The Balaban J connectivity index is 1.84. The lowest BCUT2D eigenvalue weighted by atomic mass is 9.89. The number of hydrogen-bond acceptors (Lipinski definition) is 4. The topological polar surface area (TPSA) is 84.5 Å². The van der Waals surface area contributed by atoms with Gasteiger partial charge in [-0.05, 0) is 43.9 Å². The van der Waals surface area contributed by atoms with Crippen molar-refractivity contribution in [2.45, 2.75) is 52.1 Å². The molecule has 0 heterocycles. The monoisotopic (exact) mass is 346 g/mol. The van der Waals surface area contributed by atoms with Gasteiger partial charge in [-0.15, -0.1) is 0 Å². The molecule has 1 unspecified atom stereocenters. The van der Waals surface area contributed by atoms with Crippen molar-refractivity contribution in [1.82, 2.24) is 5.32 Å². The predicted molar refractivity (Wildman–Crippen MR) is 95.2 cm³/mol. The molecule has 2 rings (SSSR count). The van der Waals surface area contributed by atoms with Crippen molar-refractivity contribution >= 4 is 23.5 Å². The minimum atomic E-state index is -0.861. The van der Waals surface area contributed by atoms with Gasteiger partial charge in [0.15, 0.2) is 6.10 Å². The summed E-state index contributed by atoms with van der Waals surface area (Å²) in [5.74, 6) is -0.569. The molecule has 0 spiro atoms. The van der Waals surface area contributed by atoms with E-state index in [-0.39, 0.29) is 17.4 Å². The number of benzene rings is 1. The SMILES string of the molecule is CC(=O)Nc1cccc(C(=O)OC(C)C(=O)NCC2CCCCC2)c1. The minimum Gasteiger partial charge on any atom is -0.449 e. The molecule has 2 N–H and O–H groups in total. The Bertz CT molecular complexity index is 624. The second kappa shape index (κ2) is 9.20. The smallest absolute Gasteiger partial charge is 0.338 e. The summed E-state index contributed by atoms with van der Waals surface area (Å²) in [4.78, 5) is 35.4. The van der Waals surface area contributed by atoms with Gasteiger partial charge < -0.3 is 15.4 Å². The third-order valence-corrected chi connectivity index (χ3v) is 4.36. The lowest BCUT2D eigenvalue weighted by molar-refractivity contribution is -0.129. The highest BCUT2D eigenvalue weighted by Crippen LogP contribution is 2.22. The number of amides is 2. The molecule has 0 aromatic heterocycles. The van der Waals surface area contributed by atoms with E-state index in [9.17, 15) is 14.4 Å². The van der Waals surface area contributed by atoms with Crippen molar-refractivity contribution in [2.24, 2.45) is 5.92 Å². The van der Waals surface area contributed by atoms with Crippen LogP contribution in [0.25, 0.3) is 0 Å². The maximum atomic E-state index is 12.2. The molecule has 1 aliphatic carbocycles. The summed E-state index contributed by atoms with van der Waals surface area (Å²) < 4.78 is 5.23. The van der Waals surface area contributed by atoms with Crippen LogP contribution < -0.4 is 10.6 Å². The fraction of sp³-hybridized carbons (Fsp3) is 0.526. The van der Waals surface area contributed by atoms with Gasteiger partial charge in [0, 0.05) is 19.2 Å². The summed E-state index contributed by atoms with van der Waals surface area (Å²) in [5, 5.41) is 5.48. The highest BCUT2D eigenvalue weighted by molar-refractivity contribution is 5.95. The number of ether oxygens (including phenoxy) is 1. The number of nitrogens with one attached hydrogen (secondary N) is 2. The maximum Gasteiger partial charge on any atom is 0.338 e. The number of carbonyl (C=O) groups excluding carboxylic acids is 3. The van der Waals surface area contributed by atoms with Crippen LogP contribution in [0.3, 0.4) is 0 Å². The zero-order valence-electron chi connectivity index (χ0n) is 14.8. The normalized spacial score (nSPS) is 15.9. The molecule has 6 heteroatoms.